The van der Waals surface area contributed by atoms with E-state index >= 15 is 0 Å². The van der Waals surface area contributed by atoms with E-state index in [1.54, 1.807) is 6.07 Å². The molecule has 1 aliphatic heterocycles. The first-order chi connectivity index (χ1) is 13.0. The lowest BCUT2D eigenvalue weighted by Crippen LogP contribution is -2.33. The zero-order valence-electron chi connectivity index (χ0n) is 16.0. The Morgan fingerprint density at radius 3 is 2.63 bits per heavy atom. The van der Waals surface area contributed by atoms with Gasteiger partial charge >= 0.3 is 0 Å². The predicted molar refractivity (Wildman–Crippen MR) is 110 cm³/mol. The smallest absolute Gasteiger partial charge is 0.261 e. The summed E-state index contributed by atoms with van der Waals surface area (Å²) in [6.45, 7) is 7.49. The van der Waals surface area contributed by atoms with Gasteiger partial charge in [-0.05, 0) is 62.1 Å². The third kappa shape index (κ3) is 5.91. The van der Waals surface area contributed by atoms with Gasteiger partial charge in [0.25, 0.3) is 5.91 Å². The highest BCUT2D eigenvalue weighted by atomic mass is 32.1. The van der Waals surface area contributed by atoms with Gasteiger partial charge in [0, 0.05) is 23.7 Å². The summed E-state index contributed by atoms with van der Waals surface area (Å²) in [5, 5.41) is 5.48. The van der Waals surface area contributed by atoms with Gasteiger partial charge in [-0.1, -0.05) is 19.1 Å². The molecular weight excluding hydrogens is 358 g/mol. The topological polar surface area (TPSA) is 61.4 Å². The second-order valence-electron chi connectivity index (χ2n) is 7.32. The number of piperidine rings is 1. The van der Waals surface area contributed by atoms with Crippen LogP contribution in [-0.4, -0.2) is 36.3 Å². The van der Waals surface area contributed by atoms with Crippen LogP contribution in [0.25, 0.3) is 0 Å². The Morgan fingerprint density at radius 2 is 1.96 bits per heavy atom. The van der Waals surface area contributed by atoms with E-state index in [0.717, 1.165) is 36.1 Å². The second kappa shape index (κ2) is 9.15. The number of hydrogen-bond donors (Lipinski definition) is 2. The highest BCUT2D eigenvalue weighted by molar-refractivity contribution is 7.13. The number of nitrogens with one attached hydrogen (secondary N) is 2. The molecular formula is C21H27N3O2S. The molecule has 0 aliphatic carbocycles. The normalized spacial score (nSPS) is 17.5. The summed E-state index contributed by atoms with van der Waals surface area (Å²) >= 11 is 1.42. The molecule has 1 aliphatic rings. The van der Waals surface area contributed by atoms with Gasteiger partial charge in [-0.2, -0.15) is 0 Å². The quantitative estimate of drug-likeness (QED) is 0.798. The number of anilines is 1. The lowest BCUT2D eigenvalue weighted by Gasteiger charge is -2.30. The summed E-state index contributed by atoms with van der Waals surface area (Å²) in [7, 11) is 0. The Hall–Kier alpha value is -2.18. The lowest BCUT2D eigenvalue weighted by molar-refractivity contribution is -0.115. The molecule has 3 rings (SSSR count). The van der Waals surface area contributed by atoms with Crippen molar-refractivity contribution in [1.82, 2.24) is 10.2 Å². The van der Waals surface area contributed by atoms with Crippen molar-refractivity contribution in [2.75, 3.05) is 25.0 Å². The minimum atomic E-state index is -0.228. The number of benzene rings is 1. The van der Waals surface area contributed by atoms with Crippen LogP contribution in [0.5, 0.6) is 0 Å². The summed E-state index contributed by atoms with van der Waals surface area (Å²) in [5.41, 5.74) is 2.00. The van der Waals surface area contributed by atoms with Crippen molar-refractivity contribution in [1.29, 1.82) is 0 Å². The van der Waals surface area contributed by atoms with Crippen molar-refractivity contribution in [2.45, 2.75) is 33.2 Å². The van der Waals surface area contributed by atoms with E-state index < -0.39 is 0 Å². The van der Waals surface area contributed by atoms with Crippen molar-refractivity contribution in [3.63, 3.8) is 0 Å². The Bertz CT molecular complexity index is 785. The molecule has 1 atom stereocenters. The van der Waals surface area contributed by atoms with Gasteiger partial charge < -0.3 is 10.6 Å². The molecule has 1 aromatic heterocycles. The number of rotatable bonds is 6. The van der Waals surface area contributed by atoms with Crippen LogP contribution >= 0.6 is 11.3 Å². The maximum atomic E-state index is 12.1. The minimum Gasteiger partial charge on any atom is -0.342 e. The van der Waals surface area contributed by atoms with Crippen LogP contribution in [0.4, 0.5) is 5.69 Å². The Morgan fingerprint density at radius 1 is 1.19 bits per heavy atom. The second-order valence-corrected chi connectivity index (χ2v) is 8.61. The van der Waals surface area contributed by atoms with Gasteiger partial charge in [0.2, 0.25) is 5.91 Å². The number of amides is 2. The molecule has 0 saturated carbocycles. The molecule has 1 unspecified atom stereocenters. The number of carbonyl (C=O) groups excluding carboxylic acids is 2. The Labute approximate surface area is 164 Å². The van der Waals surface area contributed by atoms with E-state index in [-0.39, 0.29) is 18.4 Å². The maximum absolute atomic E-state index is 12.1. The zero-order chi connectivity index (χ0) is 19.2. The van der Waals surface area contributed by atoms with Crippen molar-refractivity contribution in [3.05, 3.63) is 51.7 Å². The third-order valence-corrected chi connectivity index (χ3v) is 5.76. The van der Waals surface area contributed by atoms with Crippen LogP contribution in [0.3, 0.4) is 0 Å². The summed E-state index contributed by atoms with van der Waals surface area (Å²) in [6.07, 6.45) is 2.59. The van der Waals surface area contributed by atoms with E-state index in [1.807, 2.05) is 25.1 Å². The number of aryl methyl sites for hydroxylation is 1. The van der Waals surface area contributed by atoms with Gasteiger partial charge in [-0.3, -0.25) is 14.5 Å². The van der Waals surface area contributed by atoms with Crippen LogP contribution in [-0.2, 0) is 11.3 Å². The standard InChI is InChI=1S/C21H27N3O2S/c1-15-4-3-11-24(13-15)14-17-6-8-18(9-7-17)23-20(25)12-22-21(26)19-10-5-16(2)27-19/h5-10,15H,3-4,11-14H2,1-2H3,(H,22,26)(H,23,25). The van der Waals surface area contributed by atoms with Gasteiger partial charge in [-0.25, -0.2) is 0 Å². The summed E-state index contributed by atoms with van der Waals surface area (Å²) in [4.78, 5) is 28.2. The fourth-order valence-electron chi connectivity index (χ4n) is 3.39. The molecule has 0 spiro atoms. The van der Waals surface area contributed by atoms with Gasteiger partial charge in [0.1, 0.15) is 0 Å². The first-order valence-electron chi connectivity index (χ1n) is 9.45. The Balaban J connectivity index is 1.44. The van der Waals surface area contributed by atoms with Gasteiger partial charge in [0.15, 0.2) is 0 Å². The minimum absolute atomic E-state index is 0.0385. The SMILES string of the molecule is Cc1ccc(C(=O)NCC(=O)Nc2ccc(CN3CCCC(C)C3)cc2)s1. The molecule has 2 aromatic rings. The molecule has 2 amide bonds. The van der Waals surface area contributed by atoms with E-state index in [1.165, 1.54) is 29.7 Å². The predicted octanol–water partition coefficient (Wildman–Crippen LogP) is 3.66. The lowest BCUT2D eigenvalue weighted by atomic mass is 10.00. The number of nitrogens with zero attached hydrogens (tertiary/aromatic N) is 1. The first kappa shape index (κ1) is 19.6. The zero-order valence-corrected chi connectivity index (χ0v) is 16.8. The highest BCUT2D eigenvalue weighted by Gasteiger charge is 2.16. The molecule has 1 aromatic carbocycles. The number of hydrogen-bond acceptors (Lipinski definition) is 4. The average molecular weight is 386 g/mol. The number of carbonyl (C=O) groups is 2. The molecule has 0 radical (unpaired) electrons. The van der Waals surface area contributed by atoms with E-state index in [2.05, 4.69) is 34.6 Å². The van der Waals surface area contributed by atoms with E-state index in [9.17, 15) is 9.59 Å². The van der Waals surface area contributed by atoms with Gasteiger partial charge in [-0.15, -0.1) is 11.3 Å². The van der Waals surface area contributed by atoms with E-state index in [4.69, 9.17) is 0 Å². The molecule has 2 N–H and O–H groups in total. The summed E-state index contributed by atoms with van der Waals surface area (Å²) < 4.78 is 0. The molecule has 0 bridgehead atoms. The van der Waals surface area contributed by atoms with Crippen molar-refractivity contribution in [3.8, 4) is 0 Å². The number of likely N-dealkylation sites (tertiary alicyclic amines) is 1. The van der Waals surface area contributed by atoms with E-state index in [0.29, 0.717) is 4.88 Å². The van der Waals surface area contributed by atoms with Gasteiger partial charge in [0.05, 0.1) is 11.4 Å². The average Bonchev–Trinajstić information content (AvgIpc) is 3.08. The number of thiophene rings is 1. The van der Waals surface area contributed by atoms with Crippen molar-refractivity contribution >= 4 is 28.8 Å². The van der Waals surface area contributed by atoms with Crippen LogP contribution < -0.4 is 10.6 Å². The fraction of sp³-hybridized carbons (Fsp3) is 0.429. The molecule has 144 valence electrons. The first-order valence-corrected chi connectivity index (χ1v) is 10.3. The molecule has 5 nitrogen and oxygen atoms in total. The molecule has 6 heteroatoms. The third-order valence-electron chi connectivity index (χ3n) is 4.76. The van der Waals surface area contributed by atoms with Crippen LogP contribution in [0.15, 0.2) is 36.4 Å². The van der Waals surface area contributed by atoms with Crippen molar-refractivity contribution < 1.29 is 9.59 Å². The molecule has 27 heavy (non-hydrogen) atoms. The monoisotopic (exact) mass is 385 g/mol. The largest absolute Gasteiger partial charge is 0.342 e. The summed E-state index contributed by atoms with van der Waals surface area (Å²) in [5.74, 6) is 0.328. The molecule has 1 saturated heterocycles. The van der Waals surface area contributed by atoms with Crippen molar-refractivity contribution in [2.24, 2.45) is 5.92 Å². The molecule has 1 fully saturated rings. The van der Waals surface area contributed by atoms with Crippen LogP contribution in [0.2, 0.25) is 0 Å². The molecule has 2 heterocycles. The Kier molecular flexibility index (Phi) is 6.63. The fourth-order valence-corrected chi connectivity index (χ4v) is 4.18. The van der Waals surface area contributed by atoms with Crippen LogP contribution in [0.1, 0.15) is 39.9 Å². The summed E-state index contributed by atoms with van der Waals surface area (Å²) in [6, 6.07) is 11.6. The maximum Gasteiger partial charge on any atom is 0.261 e. The van der Waals surface area contributed by atoms with Crippen LogP contribution in [0, 0.1) is 12.8 Å². The highest BCUT2D eigenvalue weighted by Crippen LogP contribution is 2.19.